The normalized spacial score (nSPS) is 9.10. The summed E-state index contributed by atoms with van der Waals surface area (Å²) in [5, 5.41) is 53.8. The predicted octanol–water partition coefficient (Wildman–Crippen LogP) is 4.92. The summed E-state index contributed by atoms with van der Waals surface area (Å²) in [5.74, 6) is 10.9. The first-order valence-electron chi connectivity index (χ1n) is 7.19. The van der Waals surface area contributed by atoms with Gasteiger partial charge in [0.05, 0.1) is 0 Å². The third-order valence-corrected chi connectivity index (χ3v) is 7.13. The van der Waals surface area contributed by atoms with E-state index < -0.39 is 14.5 Å². The fraction of sp³-hybridized carbons (Fsp3) is 0. The van der Waals surface area contributed by atoms with E-state index in [2.05, 4.69) is 0 Å². The van der Waals surface area contributed by atoms with Crippen molar-refractivity contribution in [2.45, 2.75) is 0 Å². The Hall–Kier alpha value is -2.52. The Morgan fingerprint density at radius 1 is 0.517 bits per heavy atom. The molecule has 0 aromatic heterocycles. The van der Waals surface area contributed by atoms with Crippen LogP contribution in [0.4, 0.5) is 0 Å². The van der Waals surface area contributed by atoms with Gasteiger partial charge < -0.3 is 0 Å². The van der Waals surface area contributed by atoms with Crippen molar-refractivity contribution in [3.8, 4) is 34.9 Å². The maximum absolute atomic E-state index is 8.78. The van der Waals surface area contributed by atoms with Gasteiger partial charge in [0.15, 0.2) is 0 Å². The molecule has 2 rings (SSSR count). The molecule has 0 amide bonds. The summed E-state index contributed by atoms with van der Waals surface area (Å²) in [7, 11) is 3.88. The van der Waals surface area contributed by atoms with E-state index in [1.165, 1.54) is 0 Å². The number of hydrogen-bond acceptors (Lipinski definition) is 6. The average Bonchev–Trinajstić information content (AvgIpc) is 2.80. The number of halogens is 2. The molecule has 0 heterocycles. The molecule has 0 atom stereocenters. The van der Waals surface area contributed by atoms with Gasteiger partial charge in [-0.15, -0.1) is 31.6 Å². The van der Waals surface area contributed by atoms with Crippen LogP contribution in [-0.2, 0) is 15.9 Å². The van der Waals surface area contributed by atoms with Crippen LogP contribution in [0.25, 0.3) is 0 Å². The van der Waals surface area contributed by atoms with Crippen LogP contribution in [0, 0.1) is 66.4 Å². The molecule has 0 saturated carbocycles. The van der Waals surface area contributed by atoms with E-state index in [9.17, 15) is 0 Å². The topological polar surface area (TPSA) is 143 Å². The SMILES string of the molecule is N#C[P+](C#N)(C#N)c1ccccc1.N#C[P+](C#N)(C#N)c1ccccc1.[Cl][Pd][Cl]. The van der Waals surface area contributed by atoms with Gasteiger partial charge in [0.25, 0.3) is 34.9 Å². The average molecular weight is 550 g/mol. The van der Waals surface area contributed by atoms with E-state index in [4.69, 9.17) is 50.6 Å². The molecule has 0 fully saturated rings. The molecule has 11 heteroatoms. The van der Waals surface area contributed by atoms with Crippen LogP contribution in [0.1, 0.15) is 0 Å². The van der Waals surface area contributed by atoms with Crippen LogP contribution >= 0.6 is 33.6 Å². The maximum atomic E-state index is 8.78. The van der Waals surface area contributed by atoms with Gasteiger partial charge >= 0.3 is 49.5 Å². The van der Waals surface area contributed by atoms with Gasteiger partial charge in [-0.05, 0) is 24.3 Å². The first kappa shape index (κ1) is 26.5. The third kappa shape index (κ3) is 7.43. The van der Waals surface area contributed by atoms with E-state index in [0.29, 0.717) is 10.6 Å². The van der Waals surface area contributed by atoms with Gasteiger partial charge in [-0.3, -0.25) is 0 Å². The Morgan fingerprint density at radius 3 is 0.897 bits per heavy atom. The monoisotopic (exact) mass is 548 g/mol. The van der Waals surface area contributed by atoms with Gasteiger partial charge in [0.2, 0.25) is 0 Å². The quantitative estimate of drug-likeness (QED) is 0.384. The van der Waals surface area contributed by atoms with Gasteiger partial charge in [-0.1, -0.05) is 36.4 Å². The Kier molecular flexibility index (Phi) is 13.2. The van der Waals surface area contributed by atoms with Crippen molar-refractivity contribution < 1.29 is 15.9 Å². The number of nitrogens with zero attached hydrogens (tertiary/aromatic N) is 6. The van der Waals surface area contributed by atoms with E-state index >= 15 is 0 Å². The fourth-order valence-electron chi connectivity index (χ4n) is 1.78. The fourth-order valence-corrected chi connectivity index (χ4v) is 3.98. The number of nitriles is 6. The standard InChI is InChI=1S/2C9H5N3P.2ClH.Pd/c2*10-6-13(7-11,8-12)9-4-2-1-3-5-9;;;/h2*1-5H;2*1H;/q2*+1;;;+2/p-2. The van der Waals surface area contributed by atoms with Crippen molar-refractivity contribution in [3.05, 3.63) is 60.7 Å². The molecule has 0 N–H and O–H groups in total. The van der Waals surface area contributed by atoms with Crippen LogP contribution in [-0.4, -0.2) is 0 Å². The second kappa shape index (κ2) is 14.5. The number of hydrogen-bond donors (Lipinski definition) is 0. The van der Waals surface area contributed by atoms with E-state index in [-0.39, 0.29) is 15.9 Å². The molecule has 29 heavy (non-hydrogen) atoms. The Bertz CT molecular complexity index is 884. The second-order valence-corrected chi connectivity index (χ2v) is 11.9. The van der Waals surface area contributed by atoms with Crippen LogP contribution in [0.2, 0.25) is 0 Å². The zero-order valence-corrected chi connectivity index (χ0v) is 19.3. The van der Waals surface area contributed by atoms with Crippen LogP contribution in [0.3, 0.4) is 0 Å². The summed E-state index contributed by atoms with van der Waals surface area (Å²) >= 11 is -0.106. The molecule has 0 saturated heterocycles. The van der Waals surface area contributed by atoms with Crippen molar-refractivity contribution in [1.82, 2.24) is 0 Å². The van der Waals surface area contributed by atoms with Gasteiger partial charge in [-0.2, -0.15) is 0 Å². The van der Waals surface area contributed by atoms with Crippen molar-refractivity contribution in [3.63, 3.8) is 0 Å². The predicted molar refractivity (Wildman–Crippen MR) is 111 cm³/mol. The van der Waals surface area contributed by atoms with Gasteiger partial charge in [0.1, 0.15) is 10.6 Å². The van der Waals surface area contributed by atoms with Crippen molar-refractivity contribution in [2.24, 2.45) is 0 Å². The first-order valence-corrected chi connectivity index (χ1v) is 14.8. The molecule has 0 aliphatic heterocycles. The summed E-state index contributed by atoms with van der Waals surface area (Å²) in [6.07, 6.45) is 0. The molecular weight excluding hydrogens is 540 g/mol. The summed E-state index contributed by atoms with van der Waals surface area (Å²) < 4.78 is 0. The van der Waals surface area contributed by atoms with E-state index in [0.717, 1.165) is 0 Å². The Balaban J connectivity index is 0.000000477. The zero-order chi connectivity index (χ0) is 22.2. The number of benzene rings is 2. The molecule has 2 aromatic carbocycles. The van der Waals surface area contributed by atoms with Crippen LogP contribution in [0.5, 0.6) is 0 Å². The summed E-state index contributed by atoms with van der Waals surface area (Å²) in [5.41, 5.74) is 0. The Morgan fingerprint density at radius 2 is 0.724 bits per heavy atom. The second-order valence-electron chi connectivity index (χ2n) is 4.66. The molecule has 0 aliphatic carbocycles. The molecule has 6 nitrogen and oxygen atoms in total. The van der Waals surface area contributed by atoms with Crippen LogP contribution in [0.15, 0.2) is 60.7 Å². The minimum absolute atomic E-state index is 0.106. The zero-order valence-electron chi connectivity index (χ0n) is 14.4. The molecular formula is C18H10Cl2N6P2Pd+2. The van der Waals surface area contributed by atoms with Crippen LogP contribution < -0.4 is 10.6 Å². The van der Waals surface area contributed by atoms with Crippen molar-refractivity contribution >= 4 is 44.2 Å². The molecule has 2 aromatic rings. The first-order chi connectivity index (χ1) is 14.0. The molecule has 0 aliphatic rings. The minimum atomic E-state index is -2.87. The van der Waals surface area contributed by atoms with E-state index in [1.807, 2.05) is 34.9 Å². The number of rotatable bonds is 2. The third-order valence-electron chi connectivity index (χ3n) is 3.19. The summed E-state index contributed by atoms with van der Waals surface area (Å²) in [4.78, 5) is 0. The molecule has 0 bridgehead atoms. The molecule has 144 valence electrons. The van der Waals surface area contributed by atoms with E-state index in [1.54, 1.807) is 60.7 Å². The van der Waals surface area contributed by atoms with Crippen molar-refractivity contribution in [2.75, 3.05) is 0 Å². The summed E-state index contributed by atoms with van der Waals surface area (Å²) in [6.45, 7) is 0. The summed E-state index contributed by atoms with van der Waals surface area (Å²) in [6, 6.07) is 17.0. The molecule has 0 unspecified atom stereocenters. The van der Waals surface area contributed by atoms with Crippen molar-refractivity contribution in [1.29, 1.82) is 31.6 Å². The van der Waals surface area contributed by atoms with Gasteiger partial charge in [0, 0.05) is 0 Å². The van der Waals surface area contributed by atoms with Gasteiger partial charge in [-0.25, -0.2) is 0 Å². The molecule has 0 spiro atoms. The Labute approximate surface area is 186 Å². The molecule has 0 radical (unpaired) electrons.